The number of fused-ring (bicyclic) bond motifs is 7. The van der Waals surface area contributed by atoms with Gasteiger partial charge in [-0.1, -0.05) is 25.5 Å². The zero-order chi connectivity index (χ0) is 23.1. The maximum atomic E-state index is 13.7. The van der Waals surface area contributed by atoms with Crippen LogP contribution in [0.5, 0.6) is 0 Å². The Kier molecular flexibility index (Phi) is 5.02. The zero-order valence-electron chi connectivity index (χ0n) is 20.1. The Balaban J connectivity index is 1.51. The van der Waals surface area contributed by atoms with Crippen molar-refractivity contribution in [3.63, 3.8) is 0 Å². The lowest BCUT2D eigenvalue weighted by molar-refractivity contribution is -0.215. The zero-order valence-corrected chi connectivity index (χ0v) is 20.1. The van der Waals surface area contributed by atoms with Crippen LogP contribution in [0.3, 0.4) is 0 Å². The van der Waals surface area contributed by atoms with Crippen molar-refractivity contribution in [3.05, 3.63) is 11.6 Å². The van der Waals surface area contributed by atoms with Crippen molar-refractivity contribution < 1.29 is 28.9 Å². The number of hydrogen-bond donors (Lipinski definition) is 1. The highest BCUT2D eigenvalue weighted by Crippen LogP contribution is 2.70. The predicted molar refractivity (Wildman–Crippen MR) is 118 cm³/mol. The molecule has 32 heavy (non-hydrogen) atoms. The number of aliphatic hydroxyl groups excluding tert-OH is 1. The van der Waals surface area contributed by atoms with Crippen LogP contribution >= 0.6 is 0 Å². The minimum atomic E-state index is -1.07. The SMILES string of the molecule is CC(=O)OCC(=O)[C@@]12OC(C)(C)O[C@@H]1C[C@H]1[C@H]3CC=C4C[C@H](O)CC[C@]4(C)[C@@H]3CC[C@@]12C. The van der Waals surface area contributed by atoms with E-state index in [9.17, 15) is 14.7 Å². The summed E-state index contributed by atoms with van der Waals surface area (Å²) in [4.78, 5) is 25.1. The molecular formula is C26H38O6. The number of carbonyl (C=O) groups is 2. The second-order valence-corrected chi connectivity index (χ2v) is 11.9. The van der Waals surface area contributed by atoms with E-state index in [1.807, 2.05) is 13.8 Å². The van der Waals surface area contributed by atoms with Crippen LogP contribution in [-0.2, 0) is 23.8 Å². The number of hydrogen-bond acceptors (Lipinski definition) is 6. The van der Waals surface area contributed by atoms with Crippen molar-refractivity contribution in [2.45, 2.75) is 103 Å². The van der Waals surface area contributed by atoms with Crippen LogP contribution in [-0.4, -0.2) is 47.1 Å². The molecule has 0 aromatic rings. The molecule has 0 aromatic heterocycles. The topological polar surface area (TPSA) is 82.1 Å². The summed E-state index contributed by atoms with van der Waals surface area (Å²) in [5.41, 5.74) is 0.139. The molecule has 5 rings (SSSR count). The molecule has 0 bridgehead atoms. The Labute approximate surface area is 191 Å². The molecule has 1 aliphatic heterocycles. The van der Waals surface area contributed by atoms with E-state index in [2.05, 4.69) is 19.9 Å². The molecule has 1 saturated heterocycles. The maximum Gasteiger partial charge on any atom is 0.303 e. The second kappa shape index (κ2) is 7.13. The summed E-state index contributed by atoms with van der Waals surface area (Å²) in [7, 11) is 0. The summed E-state index contributed by atoms with van der Waals surface area (Å²) >= 11 is 0. The fourth-order valence-corrected chi connectivity index (χ4v) is 8.52. The van der Waals surface area contributed by atoms with E-state index in [1.54, 1.807) is 0 Å². The normalized spacial score (nSPS) is 48.7. The molecule has 0 radical (unpaired) electrons. The summed E-state index contributed by atoms with van der Waals surface area (Å²) in [6, 6.07) is 0. The largest absolute Gasteiger partial charge is 0.458 e. The molecule has 0 unspecified atom stereocenters. The lowest BCUT2D eigenvalue weighted by Crippen LogP contribution is -2.61. The van der Waals surface area contributed by atoms with Gasteiger partial charge in [0.05, 0.1) is 12.2 Å². The first-order valence-electron chi connectivity index (χ1n) is 12.4. The fraction of sp³-hybridized carbons (Fsp3) is 0.846. The van der Waals surface area contributed by atoms with Gasteiger partial charge >= 0.3 is 5.97 Å². The predicted octanol–water partition coefficient (Wildman–Crippen LogP) is 3.94. The van der Waals surface area contributed by atoms with Crippen molar-refractivity contribution in [1.29, 1.82) is 0 Å². The van der Waals surface area contributed by atoms with Crippen LogP contribution in [0.15, 0.2) is 11.6 Å². The first-order chi connectivity index (χ1) is 14.9. The molecular weight excluding hydrogens is 408 g/mol. The standard InChI is InChI=1S/C26H38O6/c1-15(27)30-14-21(29)26-22(31-23(2,3)32-26)13-20-18-7-6-16-12-17(28)8-10-24(16,4)19(18)9-11-25(20,26)5/h6,17-20,22,28H,7-14H2,1-5H3/t17-,18+,19-,20+,22-,24+,25+,26-/m1/s1. The van der Waals surface area contributed by atoms with Crippen LogP contribution in [0, 0.1) is 28.6 Å². The Bertz CT molecular complexity index is 862. The maximum absolute atomic E-state index is 13.7. The minimum Gasteiger partial charge on any atom is -0.458 e. The first-order valence-corrected chi connectivity index (χ1v) is 12.4. The average molecular weight is 447 g/mol. The van der Waals surface area contributed by atoms with E-state index >= 15 is 0 Å². The number of carbonyl (C=O) groups excluding carboxylic acids is 2. The molecule has 1 N–H and O–H groups in total. The lowest BCUT2D eigenvalue weighted by Gasteiger charge is -2.59. The number of allylic oxidation sites excluding steroid dienone is 1. The molecule has 5 aliphatic rings. The van der Waals surface area contributed by atoms with Crippen LogP contribution < -0.4 is 0 Å². The number of Topliss-reactive ketones (excluding diaryl/α,β-unsaturated/α-hetero) is 1. The molecule has 1 heterocycles. The van der Waals surface area contributed by atoms with Gasteiger partial charge in [0.1, 0.15) is 0 Å². The van der Waals surface area contributed by atoms with Gasteiger partial charge in [0.15, 0.2) is 18.0 Å². The Morgan fingerprint density at radius 1 is 1.16 bits per heavy atom. The molecule has 0 spiro atoms. The van der Waals surface area contributed by atoms with E-state index in [0.29, 0.717) is 17.8 Å². The van der Waals surface area contributed by atoms with Crippen molar-refractivity contribution in [2.75, 3.05) is 6.61 Å². The van der Waals surface area contributed by atoms with Gasteiger partial charge in [-0.3, -0.25) is 9.59 Å². The highest BCUT2D eigenvalue weighted by atomic mass is 16.8. The average Bonchev–Trinajstić information content (AvgIpc) is 3.12. The van der Waals surface area contributed by atoms with Gasteiger partial charge in [-0.15, -0.1) is 0 Å². The third kappa shape index (κ3) is 2.94. The molecule has 6 nitrogen and oxygen atoms in total. The van der Waals surface area contributed by atoms with Gasteiger partial charge in [0, 0.05) is 12.3 Å². The van der Waals surface area contributed by atoms with Gasteiger partial charge in [0.2, 0.25) is 5.78 Å². The van der Waals surface area contributed by atoms with Gasteiger partial charge in [-0.05, 0) is 82.0 Å². The smallest absolute Gasteiger partial charge is 0.303 e. The molecule has 8 atom stereocenters. The van der Waals surface area contributed by atoms with Crippen molar-refractivity contribution >= 4 is 11.8 Å². The number of aliphatic hydroxyl groups is 1. The Morgan fingerprint density at radius 2 is 1.91 bits per heavy atom. The highest BCUT2D eigenvalue weighted by Gasteiger charge is 2.75. The molecule has 0 aromatic carbocycles. The van der Waals surface area contributed by atoms with E-state index in [1.165, 1.54) is 12.5 Å². The highest BCUT2D eigenvalue weighted by molar-refractivity contribution is 5.92. The molecule has 4 fully saturated rings. The second-order valence-electron chi connectivity index (χ2n) is 11.9. The molecule has 178 valence electrons. The Hall–Kier alpha value is -1.24. The quantitative estimate of drug-likeness (QED) is 0.522. The van der Waals surface area contributed by atoms with Crippen LogP contribution in [0.4, 0.5) is 0 Å². The number of ketones is 1. The number of rotatable bonds is 3. The van der Waals surface area contributed by atoms with E-state index in [-0.39, 0.29) is 35.4 Å². The van der Waals surface area contributed by atoms with E-state index in [4.69, 9.17) is 14.2 Å². The van der Waals surface area contributed by atoms with Crippen LogP contribution in [0.2, 0.25) is 0 Å². The summed E-state index contributed by atoms with van der Waals surface area (Å²) in [6.07, 6.45) is 8.29. The summed E-state index contributed by atoms with van der Waals surface area (Å²) in [6.45, 7) is 9.44. The summed E-state index contributed by atoms with van der Waals surface area (Å²) in [5.74, 6) is -0.120. The minimum absolute atomic E-state index is 0.136. The van der Waals surface area contributed by atoms with E-state index < -0.39 is 17.4 Å². The van der Waals surface area contributed by atoms with Gasteiger partial charge in [-0.2, -0.15) is 0 Å². The van der Waals surface area contributed by atoms with Crippen molar-refractivity contribution in [3.8, 4) is 0 Å². The van der Waals surface area contributed by atoms with Crippen LogP contribution in [0.1, 0.15) is 79.6 Å². The third-order valence-electron chi connectivity index (χ3n) is 9.89. The lowest BCUT2D eigenvalue weighted by atomic mass is 9.46. The van der Waals surface area contributed by atoms with Crippen molar-refractivity contribution in [1.82, 2.24) is 0 Å². The first kappa shape index (κ1) is 22.5. The Morgan fingerprint density at radius 3 is 2.62 bits per heavy atom. The van der Waals surface area contributed by atoms with Crippen molar-refractivity contribution in [2.24, 2.45) is 28.6 Å². The molecule has 6 heteroatoms. The molecule has 3 saturated carbocycles. The summed E-state index contributed by atoms with van der Waals surface area (Å²) < 4.78 is 18.1. The molecule has 0 amide bonds. The number of ether oxygens (including phenoxy) is 3. The monoisotopic (exact) mass is 446 g/mol. The number of esters is 1. The third-order valence-corrected chi connectivity index (χ3v) is 9.89. The van der Waals surface area contributed by atoms with Crippen LogP contribution in [0.25, 0.3) is 0 Å². The molecule has 4 aliphatic carbocycles. The van der Waals surface area contributed by atoms with Gasteiger partial charge in [0.25, 0.3) is 0 Å². The van der Waals surface area contributed by atoms with Gasteiger partial charge < -0.3 is 19.3 Å². The van der Waals surface area contributed by atoms with E-state index in [0.717, 1.165) is 44.9 Å². The van der Waals surface area contributed by atoms with Gasteiger partial charge in [-0.25, -0.2) is 0 Å². The summed E-state index contributed by atoms with van der Waals surface area (Å²) in [5, 5.41) is 10.2. The fourth-order valence-electron chi connectivity index (χ4n) is 8.52.